The molecule has 0 unspecified atom stereocenters. The Hall–Kier alpha value is -1.85. The lowest BCUT2D eigenvalue weighted by atomic mass is 10.1. The number of oxazole rings is 1. The number of methoxy groups -OCH3 is 1. The van der Waals surface area contributed by atoms with Gasteiger partial charge in [0.1, 0.15) is 0 Å². The molecular formula is C17H19ClN2O3. The molecule has 1 N–H and O–H groups in total. The molecule has 23 heavy (non-hydrogen) atoms. The molecule has 5 nitrogen and oxygen atoms in total. The van der Waals surface area contributed by atoms with Gasteiger partial charge in [-0.25, -0.2) is 4.98 Å². The van der Waals surface area contributed by atoms with E-state index < -0.39 is 0 Å². The van der Waals surface area contributed by atoms with E-state index in [0.29, 0.717) is 28.8 Å². The summed E-state index contributed by atoms with van der Waals surface area (Å²) < 4.78 is 10.8. The fraction of sp³-hybridized carbons (Fsp3) is 0.412. The number of amides is 1. The number of hydrogen-bond acceptors (Lipinski definition) is 4. The van der Waals surface area contributed by atoms with Gasteiger partial charge in [-0.15, -0.1) is 0 Å². The van der Waals surface area contributed by atoms with Crippen molar-refractivity contribution in [2.24, 2.45) is 5.92 Å². The molecule has 0 aliphatic heterocycles. The summed E-state index contributed by atoms with van der Waals surface area (Å²) in [4.78, 5) is 16.5. The van der Waals surface area contributed by atoms with Crippen molar-refractivity contribution in [3.63, 3.8) is 0 Å². The third kappa shape index (κ3) is 3.41. The van der Waals surface area contributed by atoms with Crippen LogP contribution in [0.15, 0.2) is 35.1 Å². The Labute approximate surface area is 140 Å². The molecule has 1 saturated carbocycles. The smallest absolute Gasteiger partial charge is 0.273 e. The minimum absolute atomic E-state index is 0.218. The lowest BCUT2D eigenvalue weighted by Gasteiger charge is -2.18. The molecule has 1 aliphatic carbocycles. The summed E-state index contributed by atoms with van der Waals surface area (Å²) >= 11 is 6.17. The molecule has 1 heterocycles. The molecule has 2 aromatic rings. The quantitative estimate of drug-likeness (QED) is 0.908. The molecule has 0 radical (unpaired) electrons. The molecular weight excluding hydrogens is 316 g/mol. The van der Waals surface area contributed by atoms with Gasteiger partial charge in [0.25, 0.3) is 5.91 Å². The standard InChI is InChI=1S/C17H19ClN2O3/c1-22-14-8-4-5-11(14)9-19-17(21)15-16(23-10-20-15)12-6-2-3-7-13(12)18/h2-3,6-7,10-11,14H,4-5,8-9H2,1H3,(H,19,21)/t11-,14-/m1/s1. The molecule has 0 spiro atoms. The van der Waals surface area contributed by atoms with E-state index in [9.17, 15) is 4.79 Å². The van der Waals surface area contributed by atoms with Crippen LogP contribution in [0.25, 0.3) is 11.3 Å². The molecule has 1 amide bonds. The number of carbonyl (C=O) groups excluding carboxylic acids is 1. The molecule has 122 valence electrons. The third-order valence-corrected chi connectivity index (χ3v) is 4.65. The first-order valence-electron chi connectivity index (χ1n) is 7.70. The van der Waals surface area contributed by atoms with Crippen LogP contribution in [0.3, 0.4) is 0 Å². The van der Waals surface area contributed by atoms with Gasteiger partial charge in [-0.1, -0.05) is 30.2 Å². The van der Waals surface area contributed by atoms with Gasteiger partial charge in [0, 0.05) is 25.1 Å². The van der Waals surface area contributed by atoms with Crippen molar-refractivity contribution in [1.29, 1.82) is 0 Å². The number of hydrogen-bond donors (Lipinski definition) is 1. The van der Waals surface area contributed by atoms with E-state index in [4.69, 9.17) is 20.8 Å². The maximum Gasteiger partial charge on any atom is 0.273 e. The van der Waals surface area contributed by atoms with E-state index >= 15 is 0 Å². The summed E-state index contributed by atoms with van der Waals surface area (Å²) in [6, 6.07) is 7.22. The van der Waals surface area contributed by atoms with E-state index in [1.165, 1.54) is 6.39 Å². The molecule has 1 aromatic heterocycles. The number of benzene rings is 1. The number of nitrogens with one attached hydrogen (secondary N) is 1. The van der Waals surface area contributed by atoms with Crippen molar-refractivity contribution in [2.75, 3.05) is 13.7 Å². The minimum Gasteiger partial charge on any atom is -0.443 e. The van der Waals surface area contributed by atoms with E-state index in [-0.39, 0.29) is 17.7 Å². The van der Waals surface area contributed by atoms with Crippen molar-refractivity contribution in [2.45, 2.75) is 25.4 Å². The zero-order valence-corrected chi connectivity index (χ0v) is 13.7. The first kappa shape index (κ1) is 16.0. The Balaban J connectivity index is 1.72. The fourth-order valence-corrected chi connectivity index (χ4v) is 3.32. The number of nitrogens with zero attached hydrogens (tertiary/aromatic N) is 1. The molecule has 0 bridgehead atoms. The molecule has 1 fully saturated rings. The Bertz CT molecular complexity index is 686. The molecule has 2 atom stereocenters. The van der Waals surface area contributed by atoms with Crippen LogP contribution in [0.5, 0.6) is 0 Å². The highest BCUT2D eigenvalue weighted by atomic mass is 35.5. The lowest BCUT2D eigenvalue weighted by molar-refractivity contribution is 0.0683. The van der Waals surface area contributed by atoms with Crippen molar-refractivity contribution in [3.05, 3.63) is 41.4 Å². The summed E-state index contributed by atoms with van der Waals surface area (Å²) in [5.41, 5.74) is 0.914. The monoisotopic (exact) mass is 334 g/mol. The normalized spacial score (nSPS) is 20.6. The zero-order chi connectivity index (χ0) is 16.2. The van der Waals surface area contributed by atoms with E-state index in [1.807, 2.05) is 12.1 Å². The van der Waals surface area contributed by atoms with Gasteiger partial charge in [-0.3, -0.25) is 4.79 Å². The van der Waals surface area contributed by atoms with Gasteiger partial charge < -0.3 is 14.5 Å². The van der Waals surface area contributed by atoms with Crippen molar-refractivity contribution in [1.82, 2.24) is 10.3 Å². The predicted octanol–water partition coefficient (Wildman–Crippen LogP) is 3.54. The largest absolute Gasteiger partial charge is 0.443 e. The van der Waals surface area contributed by atoms with Gasteiger partial charge >= 0.3 is 0 Å². The van der Waals surface area contributed by atoms with Crippen molar-refractivity contribution < 1.29 is 13.9 Å². The molecule has 3 rings (SSSR count). The molecule has 0 saturated heterocycles. The van der Waals surface area contributed by atoms with Gasteiger partial charge in [-0.2, -0.15) is 0 Å². The van der Waals surface area contributed by atoms with Crippen LogP contribution < -0.4 is 5.32 Å². The van der Waals surface area contributed by atoms with Gasteiger partial charge in [-0.05, 0) is 25.0 Å². The lowest BCUT2D eigenvalue weighted by Crippen LogP contribution is -2.33. The van der Waals surface area contributed by atoms with Crippen LogP contribution in [0.2, 0.25) is 5.02 Å². The Morgan fingerprint density at radius 1 is 1.43 bits per heavy atom. The van der Waals surface area contributed by atoms with Crippen LogP contribution in [0.4, 0.5) is 0 Å². The highest BCUT2D eigenvalue weighted by Crippen LogP contribution is 2.30. The topological polar surface area (TPSA) is 64.4 Å². The summed E-state index contributed by atoms with van der Waals surface area (Å²) in [7, 11) is 1.72. The van der Waals surface area contributed by atoms with Crippen LogP contribution in [-0.4, -0.2) is 30.6 Å². The van der Waals surface area contributed by atoms with E-state index in [0.717, 1.165) is 19.3 Å². The second-order valence-electron chi connectivity index (χ2n) is 5.69. The number of aromatic nitrogens is 1. The number of ether oxygens (including phenoxy) is 1. The van der Waals surface area contributed by atoms with Crippen LogP contribution in [0.1, 0.15) is 29.8 Å². The average Bonchev–Trinajstić information content (AvgIpc) is 3.21. The summed E-state index contributed by atoms with van der Waals surface area (Å²) in [6.07, 6.45) is 4.73. The van der Waals surface area contributed by atoms with Gasteiger partial charge in [0.05, 0.1) is 11.1 Å². The zero-order valence-electron chi connectivity index (χ0n) is 12.9. The fourth-order valence-electron chi connectivity index (χ4n) is 3.10. The number of rotatable bonds is 5. The van der Waals surface area contributed by atoms with E-state index in [1.54, 1.807) is 19.2 Å². The Morgan fingerprint density at radius 3 is 3.04 bits per heavy atom. The first-order chi connectivity index (χ1) is 11.2. The maximum atomic E-state index is 12.4. The molecule has 1 aliphatic rings. The number of carbonyl (C=O) groups is 1. The second-order valence-corrected chi connectivity index (χ2v) is 6.09. The Morgan fingerprint density at radius 2 is 2.26 bits per heavy atom. The second kappa shape index (κ2) is 7.15. The van der Waals surface area contributed by atoms with Crippen molar-refractivity contribution in [3.8, 4) is 11.3 Å². The van der Waals surface area contributed by atoms with Gasteiger partial charge in [0.15, 0.2) is 17.8 Å². The summed E-state index contributed by atoms with van der Waals surface area (Å²) in [5, 5.41) is 3.46. The minimum atomic E-state index is -0.254. The number of halogens is 1. The van der Waals surface area contributed by atoms with Crippen LogP contribution >= 0.6 is 11.6 Å². The third-order valence-electron chi connectivity index (χ3n) is 4.32. The Kier molecular flexibility index (Phi) is 4.98. The first-order valence-corrected chi connectivity index (χ1v) is 8.08. The summed E-state index contributed by atoms with van der Waals surface area (Å²) in [5.74, 6) is 0.484. The van der Waals surface area contributed by atoms with Crippen LogP contribution in [-0.2, 0) is 4.74 Å². The summed E-state index contributed by atoms with van der Waals surface area (Å²) in [6.45, 7) is 0.576. The maximum absolute atomic E-state index is 12.4. The van der Waals surface area contributed by atoms with Crippen molar-refractivity contribution >= 4 is 17.5 Å². The highest BCUT2D eigenvalue weighted by Gasteiger charge is 2.28. The van der Waals surface area contributed by atoms with E-state index in [2.05, 4.69) is 10.3 Å². The molecule has 6 heteroatoms. The van der Waals surface area contributed by atoms with Crippen LogP contribution in [0, 0.1) is 5.92 Å². The SMILES string of the molecule is CO[C@@H]1CCC[C@@H]1CNC(=O)c1ncoc1-c1ccccc1Cl. The average molecular weight is 335 g/mol. The predicted molar refractivity (Wildman–Crippen MR) is 87.4 cm³/mol. The molecule has 1 aromatic carbocycles. The highest BCUT2D eigenvalue weighted by molar-refractivity contribution is 6.33. The van der Waals surface area contributed by atoms with Gasteiger partial charge in [0.2, 0.25) is 0 Å².